The average Bonchev–Trinajstić information content (AvgIpc) is 2.75. The number of aliphatic hydroxyl groups is 1. The highest BCUT2D eigenvalue weighted by Gasteiger charge is 2.37. The summed E-state index contributed by atoms with van der Waals surface area (Å²) in [5, 5.41) is 9.06. The number of aliphatic hydroxyl groups excluding tert-OH is 1. The third-order valence-electron chi connectivity index (χ3n) is 6.17. The smallest absolute Gasteiger partial charge is 0.249 e. The standard InChI is InChI=1S/C27H40F3NO2/c1-7-11-23(22-12-9-8-10-13-22)14-24(28)21(6)31-25(18(2)3)26(33)20(5)16-27(29,30)15-19(4)17-32/h7-10,12,19-20,22-25,32H,1-2,11,13-17H2,3-6H3/b31-21+/t19?,20?,22?,23-,24?,25?/m0/s1. The zero-order chi connectivity index (χ0) is 25.2. The molecule has 3 nitrogen and oxygen atoms in total. The van der Waals surface area contributed by atoms with Crippen LogP contribution in [0.3, 0.4) is 0 Å². The van der Waals surface area contributed by atoms with Gasteiger partial charge in [0.1, 0.15) is 12.2 Å². The van der Waals surface area contributed by atoms with Crippen molar-refractivity contribution < 1.29 is 23.1 Å². The number of nitrogens with zero attached hydrogens (tertiary/aromatic N) is 1. The normalized spacial score (nSPS) is 21.2. The van der Waals surface area contributed by atoms with Gasteiger partial charge in [-0.25, -0.2) is 13.2 Å². The van der Waals surface area contributed by atoms with E-state index in [0.29, 0.717) is 12.0 Å². The first-order valence-corrected chi connectivity index (χ1v) is 11.7. The fourth-order valence-electron chi connectivity index (χ4n) is 4.22. The van der Waals surface area contributed by atoms with Gasteiger partial charge in [-0.3, -0.25) is 9.79 Å². The number of hydrogen-bond acceptors (Lipinski definition) is 3. The molecule has 6 atom stereocenters. The van der Waals surface area contributed by atoms with Crippen molar-refractivity contribution >= 4 is 11.5 Å². The van der Waals surface area contributed by atoms with Gasteiger partial charge in [-0.1, -0.05) is 50.8 Å². The van der Waals surface area contributed by atoms with Gasteiger partial charge < -0.3 is 5.11 Å². The molecule has 0 amide bonds. The van der Waals surface area contributed by atoms with Crippen molar-refractivity contribution in [2.24, 2.45) is 28.7 Å². The summed E-state index contributed by atoms with van der Waals surface area (Å²) in [5.41, 5.74) is 0.571. The van der Waals surface area contributed by atoms with Gasteiger partial charge in [0.25, 0.3) is 0 Å². The van der Waals surface area contributed by atoms with E-state index < -0.39 is 48.6 Å². The number of rotatable bonds is 15. The molecule has 0 radical (unpaired) electrons. The van der Waals surface area contributed by atoms with Crippen LogP contribution in [0.1, 0.15) is 59.8 Å². The Labute approximate surface area is 197 Å². The van der Waals surface area contributed by atoms with Crippen LogP contribution in [-0.2, 0) is 4.79 Å². The highest BCUT2D eigenvalue weighted by Crippen LogP contribution is 2.33. The molecule has 5 unspecified atom stereocenters. The third kappa shape index (κ3) is 9.83. The second kappa shape index (κ2) is 13.7. The second-order valence-corrected chi connectivity index (χ2v) is 9.58. The molecule has 33 heavy (non-hydrogen) atoms. The van der Waals surface area contributed by atoms with Crippen molar-refractivity contribution in [3.63, 3.8) is 0 Å². The van der Waals surface area contributed by atoms with Gasteiger partial charge >= 0.3 is 0 Å². The Morgan fingerprint density at radius 1 is 1.27 bits per heavy atom. The van der Waals surface area contributed by atoms with Crippen LogP contribution in [0.2, 0.25) is 0 Å². The summed E-state index contributed by atoms with van der Waals surface area (Å²) in [5.74, 6) is -4.86. The predicted molar refractivity (Wildman–Crippen MR) is 131 cm³/mol. The Morgan fingerprint density at radius 3 is 2.45 bits per heavy atom. The van der Waals surface area contributed by atoms with E-state index >= 15 is 4.39 Å². The zero-order valence-electron chi connectivity index (χ0n) is 20.4. The molecule has 0 saturated carbocycles. The number of Topliss-reactive ketones (excluding diaryl/α,β-unsaturated/α-hetero) is 1. The van der Waals surface area contributed by atoms with Crippen molar-refractivity contribution in [1.82, 2.24) is 0 Å². The van der Waals surface area contributed by atoms with Crippen molar-refractivity contribution in [3.8, 4) is 0 Å². The molecule has 1 aliphatic rings. The molecule has 0 spiro atoms. The molecule has 0 aromatic rings. The van der Waals surface area contributed by atoms with Crippen molar-refractivity contribution in [2.45, 2.75) is 77.9 Å². The van der Waals surface area contributed by atoms with Crippen LogP contribution in [-0.4, -0.2) is 41.3 Å². The fourth-order valence-corrected chi connectivity index (χ4v) is 4.22. The molecule has 0 fully saturated rings. The maximum Gasteiger partial charge on any atom is 0.249 e. The molecule has 1 rings (SSSR count). The van der Waals surface area contributed by atoms with E-state index in [0.717, 1.165) is 6.42 Å². The summed E-state index contributed by atoms with van der Waals surface area (Å²) < 4.78 is 43.8. The Hall–Kier alpha value is -1.95. The third-order valence-corrected chi connectivity index (χ3v) is 6.17. The van der Waals surface area contributed by atoms with Crippen molar-refractivity contribution in [2.75, 3.05) is 6.61 Å². The summed E-state index contributed by atoms with van der Waals surface area (Å²) in [6, 6.07) is -1.06. The van der Waals surface area contributed by atoms with E-state index in [1.807, 2.05) is 12.2 Å². The largest absolute Gasteiger partial charge is 0.396 e. The molecule has 186 valence electrons. The number of carbonyl (C=O) groups is 1. The topological polar surface area (TPSA) is 49.7 Å². The number of carbonyl (C=O) groups excluding carboxylic acids is 1. The minimum Gasteiger partial charge on any atom is -0.396 e. The van der Waals surface area contributed by atoms with Crippen LogP contribution < -0.4 is 0 Å². The Kier molecular flexibility index (Phi) is 12.1. The maximum absolute atomic E-state index is 15.2. The molecule has 0 aliphatic heterocycles. The van der Waals surface area contributed by atoms with Gasteiger partial charge in [-0.05, 0) is 56.4 Å². The lowest BCUT2D eigenvalue weighted by Gasteiger charge is -2.26. The SMILES string of the molecule is C=CC[C@@H](CC(F)/C(C)=N/C(C(=C)C)C(=O)C(C)CC(F)(F)CC(C)CO)C1C=CC=CC1. The van der Waals surface area contributed by atoms with E-state index in [4.69, 9.17) is 5.11 Å². The van der Waals surface area contributed by atoms with Crippen LogP contribution in [0.4, 0.5) is 13.2 Å². The molecule has 1 aliphatic carbocycles. The van der Waals surface area contributed by atoms with Crippen molar-refractivity contribution in [1.29, 1.82) is 0 Å². The van der Waals surface area contributed by atoms with Crippen molar-refractivity contribution in [3.05, 3.63) is 49.1 Å². The molecule has 0 bridgehead atoms. The molecule has 6 heteroatoms. The molecule has 0 heterocycles. The lowest BCUT2D eigenvalue weighted by atomic mass is 9.81. The van der Waals surface area contributed by atoms with Gasteiger partial charge in [0.15, 0.2) is 5.78 Å². The summed E-state index contributed by atoms with van der Waals surface area (Å²) in [6.07, 6.45) is 9.11. The van der Waals surface area contributed by atoms with E-state index in [1.54, 1.807) is 13.0 Å². The summed E-state index contributed by atoms with van der Waals surface area (Å²) in [7, 11) is 0. The highest BCUT2D eigenvalue weighted by molar-refractivity contribution is 5.94. The number of alkyl halides is 3. The Morgan fingerprint density at radius 2 is 1.94 bits per heavy atom. The van der Waals surface area contributed by atoms with Gasteiger partial charge in [-0.15, -0.1) is 6.58 Å². The fraction of sp³-hybridized carbons (Fsp3) is 0.630. The number of aliphatic imine (C=N–C) groups is 1. The number of hydrogen-bond donors (Lipinski definition) is 1. The van der Waals surface area contributed by atoms with Gasteiger partial charge in [-0.2, -0.15) is 0 Å². The first-order valence-electron chi connectivity index (χ1n) is 11.7. The van der Waals surface area contributed by atoms with Crippen LogP contribution >= 0.6 is 0 Å². The monoisotopic (exact) mass is 467 g/mol. The minimum absolute atomic E-state index is 0.0500. The molecule has 0 aromatic carbocycles. The summed E-state index contributed by atoms with van der Waals surface area (Å²) >= 11 is 0. The van der Waals surface area contributed by atoms with E-state index in [-0.39, 0.29) is 30.6 Å². The quantitative estimate of drug-likeness (QED) is 0.215. The summed E-state index contributed by atoms with van der Waals surface area (Å²) in [4.78, 5) is 17.3. The van der Waals surface area contributed by atoms with E-state index in [2.05, 4.69) is 30.3 Å². The van der Waals surface area contributed by atoms with Gasteiger partial charge in [0.05, 0.1) is 0 Å². The predicted octanol–water partition coefficient (Wildman–Crippen LogP) is 6.69. The lowest BCUT2D eigenvalue weighted by molar-refractivity contribution is -0.127. The number of halogens is 3. The Balaban J connectivity index is 2.92. The molecule has 1 N–H and O–H groups in total. The molecular formula is C27H40F3NO2. The first kappa shape index (κ1) is 29.1. The number of ketones is 1. The zero-order valence-corrected chi connectivity index (χ0v) is 20.4. The van der Waals surface area contributed by atoms with Crippen LogP contribution in [0.15, 0.2) is 54.1 Å². The second-order valence-electron chi connectivity index (χ2n) is 9.58. The van der Waals surface area contributed by atoms with Gasteiger partial charge in [0, 0.05) is 31.1 Å². The lowest BCUT2D eigenvalue weighted by Crippen LogP contribution is -2.33. The van der Waals surface area contributed by atoms with Crippen LogP contribution in [0.5, 0.6) is 0 Å². The van der Waals surface area contributed by atoms with E-state index in [9.17, 15) is 13.6 Å². The maximum atomic E-state index is 15.2. The molecule has 0 aromatic heterocycles. The summed E-state index contributed by atoms with van der Waals surface area (Å²) in [6.45, 7) is 13.4. The highest BCUT2D eigenvalue weighted by atomic mass is 19.3. The van der Waals surface area contributed by atoms with Crippen LogP contribution in [0.25, 0.3) is 0 Å². The van der Waals surface area contributed by atoms with E-state index in [1.165, 1.54) is 20.8 Å². The molecule has 0 saturated heterocycles. The average molecular weight is 468 g/mol. The molecular weight excluding hydrogens is 427 g/mol. The van der Waals surface area contributed by atoms with Crippen LogP contribution in [0, 0.1) is 23.7 Å². The minimum atomic E-state index is -3.09. The Bertz CT molecular complexity index is 756. The number of allylic oxidation sites excluding steroid dienone is 5. The first-order chi connectivity index (χ1) is 15.4. The van der Waals surface area contributed by atoms with Gasteiger partial charge in [0.2, 0.25) is 5.92 Å².